The molecule has 17 heavy (non-hydrogen) atoms. The van der Waals surface area contributed by atoms with Crippen molar-refractivity contribution in [1.82, 2.24) is 5.32 Å². The lowest BCUT2D eigenvalue weighted by atomic mass is 10.1. The number of nitrogens with two attached hydrogens (primary N) is 1. The van der Waals surface area contributed by atoms with E-state index in [1.807, 2.05) is 19.1 Å². The molecule has 0 aromatic heterocycles. The summed E-state index contributed by atoms with van der Waals surface area (Å²) in [7, 11) is 1.68. The summed E-state index contributed by atoms with van der Waals surface area (Å²) in [6.45, 7) is 4.46. The van der Waals surface area contributed by atoms with Gasteiger partial charge in [0.05, 0.1) is 7.11 Å². The molecule has 0 aliphatic rings. The summed E-state index contributed by atoms with van der Waals surface area (Å²) < 4.78 is 5.34. The maximum Gasteiger partial charge on any atom is 0.123 e. The topological polar surface area (TPSA) is 47.3 Å². The third kappa shape index (κ3) is 4.54. The van der Waals surface area contributed by atoms with Crippen LogP contribution in [0.2, 0.25) is 5.02 Å². The monoisotopic (exact) mass is 256 g/mol. The summed E-state index contributed by atoms with van der Waals surface area (Å²) in [6, 6.07) is 3.94. The van der Waals surface area contributed by atoms with Crippen LogP contribution in [0.1, 0.15) is 24.0 Å². The zero-order chi connectivity index (χ0) is 12.7. The first kappa shape index (κ1) is 14.3. The third-order valence-corrected chi connectivity index (χ3v) is 3.09. The molecule has 0 spiro atoms. The van der Waals surface area contributed by atoms with Crippen LogP contribution >= 0.6 is 11.6 Å². The first-order valence-corrected chi connectivity index (χ1v) is 6.30. The van der Waals surface area contributed by atoms with E-state index in [1.54, 1.807) is 7.11 Å². The SMILES string of the molecule is COc1cc(C)c(Cl)cc1CNCCCCN. The molecule has 0 unspecified atom stereocenters. The van der Waals surface area contributed by atoms with Gasteiger partial charge < -0.3 is 15.8 Å². The summed E-state index contributed by atoms with van der Waals surface area (Å²) in [4.78, 5) is 0. The van der Waals surface area contributed by atoms with Crippen LogP contribution in [-0.2, 0) is 6.54 Å². The van der Waals surface area contributed by atoms with Gasteiger partial charge in [0.1, 0.15) is 5.75 Å². The van der Waals surface area contributed by atoms with Gasteiger partial charge in [-0.3, -0.25) is 0 Å². The Morgan fingerprint density at radius 3 is 2.76 bits per heavy atom. The fraction of sp³-hybridized carbons (Fsp3) is 0.538. The van der Waals surface area contributed by atoms with Crippen molar-refractivity contribution in [2.75, 3.05) is 20.2 Å². The molecule has 1 aromatic rings. The first-order chi connectivity index (χ1) is 8.19. The highest BCUT2D eigenvalue weighted by molar-refractivity contribution is 6.31. The lowest BCUT2D eigenvalue weighted by molar-refractivity contribution is 0.407. The van der Waals surface area contributed by atoms with Crippen LogP contribution in [-0.4, -0.2) is 20.2 Å². The number of unbranched alkanes of at least 4 members (excludes halogenated alkanes) is 1. The normalized spacial score (nSPS) is 10.6. The van der Waals surface area contributed by atoms with E-state index >= 15 is 0 Å². The Kier molecular flexibility index (Phi) is 6.34. The van der Waals surface area contributed by atoms with Gasteiger partial charge >= 0.3 is 0 Å². The minimum absolute atomic E-state index is 0.751. The molecule has 3 N–H and O–H groups in total. The molecule has 1 rings (SSSR count). The number of halogens is 1. The van der Waals surface area contributed by atoms with E-state index in [0.717, 1.165) is 54.4 Å². The summed E-state index contributed by atoms with van der Waals surface area (Å²) in [5, 5.41) is 4.15. The minimum Gasteiger partial charge on any atom is -0.496 e. The highest BCUT2D eigenvalue weighted by Gasteiger charge is 2.06. The molecule has 0 fully saturated rings. The van der Waals surface area contributed by atoms with E-state index in [4.69, 9.17) is 22.1 Å². The highest BCUT2D eigenvalue weighted by atomic mass is 35.5. The molecule has 0 heterocycles. The molecule has 0 aliphatic heterocycles. The van der Waals surface area contributed by atoms with Gasteiger partial charge in [-0.1, -0.05) is 11.6 Å². The van der Waals surface area contributed by atoms with Crippen molar-refractivity contribution in [2.24, 2.45) is 5.73 Å². The van der Waals surface area contributed by atoms with E-state index in [2.05, 4.69) is 5.32 Å². The molecule has 0 aliphatic carbocycles. The molecule has 0 saturated heterocycles. The Morgan fingerprint density at radius 1 is 1.35 bits per heavy atom. The summed E-state index contributed by atoms with van der Waals surface area (Å²) in [5.41, 5.74) is 7.57. The van der Waals surface area contributed by atoms with E-state index in [9.17, 15) is 0 Å². The highest BCUT2D eigenvalue weighted by Crippen LogP contribution is 2.26. The molecule has 3 nitrogen and oxygen atoms in total. The van der Waals surface area contributed by atoms with Gasteiger partial charge in [0.2, 0.25) is 0 Å². The Labute approximate surface area is 108 Å². The van der Waals surface area contributed by atoms with E-state index in [-0.39, 0.29) is 0 Å². The van der Waals surface area contributed by atoms with E-state index < -0.39 is 0 Å². The van der Waals surface area contributed by atoms with Crippen molar-refractivity contribution in [3.63, 3.8) is 0 Å². The number of ether oxygens (including phenoxy) is 1. The van der Waals surface area contributed by atoms with Gasteiger partial charge in [0.25, 0.3) is 0 Å². The van der Waals surface area contributed by atoms with Crippen molar-refractivity contribution in [2.45, 2.75) is 26.3 Å². The summed E-state index contributed by atoms with van der Waals surface area (Å²) >= 11 is 6.11. The number of benzene rings is 1. The summed E-state index contributed by atoms with van der Waals surface area (Å²) in [6.07, 6.45) is 2.15. The van der Waals surface area contributed by atoms with Crippen LogP contribution in [0.5, 0.6) is 5.75 Å². The van der Waals surface area contributed by atoms with Crippen molar-refractivity contribution < 1.29 is 4.74 Å². The first-order valence-electron chi connectivity index (χ1n) is 5.92. The van der Waals surface area contributed by atoms with Gasteiger partial charge in [-0.15, -0.1) is 0 Å². The van der Waals surface area contributed by atoms with Crippen LogP contribution in [0, 0.1) is 6.92 Å². The Bertz CT molecular complexity index is 356. The molecule has 0 amide bonds. The van der Waals surface area contributed by atoms with Gasteiger partial charge in [-0.2, -0.15) is 0 Å². The van der Waals surface area contributed by atoms with E-state index in [1.165, 1.54) is 0 Å². The molecule has 0 radical (unpaired) electrons. The fourth-order valence-corrected chi connectivity index (χ4v) is 1.83. The Balaban J connectivity index is 2.54. The zero-order valence-corrected chi connectivity index (χ0v) is 11.3. The largest absolute Gasteiger partial charge is 0.496 e. The lowest BCUT2D eigenvalue weighted by Gasteiger charge is -2.11. The number of nitrogens with one attached hydrogen (secondary N) is 1. The smallest absolute Gasteiger partial charge is 0.123 e. The quantitative estimate of drug-likeness (QED) is 0.737. The van der Waals surface area contributed by atoms with Gasteiger partial charge in [-0.05, 0) is 50.6 Å². The molecule has 1 aromatic carbocycles. The van der Waals surface area contributed by atoms with E-state index in [0.29, 0.717) is 0 Å². The second-order valence-corrected chi connectivity index (χ2v) is 4.49. The average molecular weight is 257 g/mol. The average Bonchev–Trinajstić information content (AvgIpc) is 2.33. The van der Waals surface area contributed by atoms with Crippen LogP contribution < -0.4 is 15.8 Å². The minimum atomic E-state index is 0.751. The number of hydrogen-bond acceptors (Lipinski definition) is 3. The molecule has 96 valence electrons. The van der Waals surface area contributed by atoms with Crippen molar-refractivity contribution in [3.8, 4) is 5.75 Å². The van der Waals surface area contributed by atoms with Gasteiger partial charge in [-0.25, -0.2) is 0 Å². The van der Waals surface area contributed by atoms with Crippen LogP contribution in [0.25, 0.3) is 0 Å². The number of aryl methyl sites for hydroxylation is 1. The fourth-order valence-electron chi connectivity index (χ4n) is 1.64. The molecular weight excluding hydrogens is 236 g/mol. The summed E-state index contributed by atoms with van der Waals surface area (Å²) in [5.74, 6) is 0.887. The van der Waals surface area contributed by atoms with Crippen LogP contribution in [0.15, 0.2) is 12.1 Å². The van der Waals surface area contributed by atoms with Gasteiger partial charge in [0, 0.05) is 17.1 Å². The standard InChI is InChI=1S/C13H21ClN2O/c1-10-7-13(17-2)11(8-12(10)14)9-16-6-4-3-5-15/h7-8,16H,3-6,9,15H2,1-2H3. The van der Waals surface area contributed by atoms with Crippen molar-refractivity contribution in [3.05, 3.63) is 28.3 Å². The van der Waals surface area contributed by atoms with Crippen LogP contribution in [0.3, 0.4) is 0 Å². The predicted octanol–water partition coefficient (Wildman–Crippen LogP) is 2.49. The number of hydrogen-bond donors (Lipinski definition) is 2. The Hall–Kier alpha value is -0.770. The molecule has 0 saturated carbocycles. The number of methoxy groups -OCH3 is 1. The second kappa shape index (κ2) is 7.54. The lowest BCUT2D eigenvalue weighted by Crippen LogP contribution is -2.16. The third-order valence-electron chi connectivity index (χ3n) is 2.68. The maximum atomic E-state index is 6.11. The van der Waals surface area contributed by atoms with Crippen molar-refractivity contribution >= 4 is 11.6 Å². The maximum absolute atomic E-state index is 6.11. The van der Waals surface area contributed by atoms with Crippen molar-refractivity contribution in [1.29, 1.82) is 0 Å². The molecule has 0 bridgehead atoms. The van der Waals surface area contributed by atoms with Gasteiger partial charge in [0.15, 0.2) is 0 Å². The molecule has 0 atom stereocenters. The number of rotatable bonds is 7. The molecular formula is C13H21ClN2O. The Morgan fingerprint density at radius 2 is 2.12 bits per heavy atom. The predicted molar refractivity (Wildman–Crippen MR) is 72.7 cm³/mol. The second-order valence-electron chi connectivity index (χ2n) is 4.09. The van der Waals surface area contributed by atoms with Crippen LogP contribution in [0.4, 0.5) is 0 Å². The zero-order valence-electron chi connectivity index (χ0n) is 10.6. The molecule has 4 heteroatoms.